The Bertz CT molecular complexity index is 798. The Balaban J connectivity index is 1.72. The first-order valence-corrected chi connectivity index (χ1v) is 11.5. The van der Waals surface area contributed by atoms with Crippen LogP contribution in [0.4, 0.5) is 0 Å². The summed E-state index contributed by atoms with van der Waals surface area (Å²) in [6.07, 6.45) is 7.92. The van der Waals surface area contributed by atoms with Crippen LogP contribution in [0.5, 0.6) is 11.5 Å². The molecule has 0 fully saturated rings. The maximum atomic E-state index is 12.3. The van der Waals surface area contributed by atoms with Gasteiger partial charge < -0.3 is 19.3 Å². The van der Waals surface area contributed by atoms with Gasteiger partial charge in [0, 0.05) is 6.61 Å². The summed E-state index contributed by atoms with van der Waals surface area (Å²) in [7, 11) is 0. The topological polar surface area (TPSA) is 82.1 Å². The average Bonchev–Trinajstić information content (AvgIpc) is 2.81. The Morgan fingerprint density at radius 1 is 0.688 bits per heavy atom. The van der Waals surface area contributed by atoms with E-state index in [1.54, 1.807) is 48.5 Å². The quantitative estimate of drug-likeness (QED) is 0.220. The maximum Gasteiger partial charge on any atom is 0.343 e. The Morgan fingerprint density at radius 2 is 1.25 bits per heavy atom. The number of aliphatic hydroxyl groups excluding tert-OH is 1. The summed E-state index contributed by atoms with van der Waals surface area (Å²) in [6.45, 7) is 3.38. The van der Waals surface area contributed by atoms with Crippen molar-refractivity contribution < 1.29 is 28.9 Å². The predicted molar refractivity (Wildman–Crippen MR) is 123 cm³/mol. The molecule has 0 aliphatic heterocycles. The molecule has 0 radical (unpaired) electrons. The number of unbranched alkanes of at least 4 members (excludes halogenated alkanes) is 6. The molecule has 0 aromatic heterocycles. The van der Waals surface area contributed by atoms with Gasteiger partial charge in [-0.15, -0.1) is 0 Å². The number of carbonyl (C=O) groups is 2. The second-order valence-electron chi connectivity index (χ2n) is 7.62. The van der Waals surface area contributed by atoms with Crippen molar-refractivity contribution in [2.75, 3.05) is 19.8 Å². The van der Waals surface area contributed by atoms with Crippen LogP contribution in [-0.4, -0.2) is 36.9 Å². The van der Waals surface area contributed by atoms with E-state index in [1.165, 1.54) is 0 Å². The predicted octanol–water partition coefficient (Wildman–Crippen LogP) is 5.57. The van der Waals surface area contributed by atoms with Crippen molar-refractivity contribution in [1.82, 2.24) is 0 Å². The molecule has 0 saturated heterocycles. The molecule has 0 saturated carbocycles. The van der Waals surface area contributed by atoms with Gasteiger partial charge in [-0.2, -0.15) is 0 Å². The molecular weight excluding hydrogens is 408 g/mol. The molecule has 32 heavy (non-hydrogen) atoms. The Hall–Kier alpha value is -2.86. The third-order valence-corrected chi connectivity index (χ3v) is 4.94. The van der Waals surface area contributed by atoms with Gasteiger partial charge >= 0.3 is 11.9 Å². The van der Waals surface area contributed by atoms with Crippen LogP contribution in [0.25, 0.3) is 0 Å². The number of hydrogen-bond donors (Lipinski definition) is 1. The summed E-state index contributed by atoms with van der Waals surface area (Å²) < 4.78 is 16.3. The van der Waals surface area contributed by atoms with Crippen LogP contribution in [0.2, 0.25) is 0 Å². The van der Waals surface area contributed by atoms with Crippen LogP contribution in [0.15, 0.2) is 48.5 Å². The van der Waals surface area contributed by atoms with Gasteiger partial charge in [0.1, 0.15) is 11.5 Å². The number of carbonyl (C=O) groups excluding carboxylic acids is 2. The van der Waals surface area contributed by atoms with E-state index in [2.05, 4.69) is 6.92 Å². The molecule has 174 valence electrons. The van der Waals surface area contributed by atoms with Crippen LogP contribution in [-0.2, 0) is 4.74 Å². The fourth-order valence-electron chi connectivity index (χ4n) is 3.02. The third kappa shape index (κ3) is 9.52. The smallest absolute Gasteiger partial charge is 0.343 e. The first kappa shape index (κ1) is 25.4. The Kier molecular flexibility index (Phi) is 11.9. The molecule has 0 aliphatic rings. The fraction of sp³-hybridized carbons (Fsp3) is 0.462. The van der Waals surface area contributed by atoms with Gasteiger partial charge in [0.05, 0.1) is 24.3 Å². The second-order valence-corrected chi connectivity index (χ2v) is 7.62. The van der Waals surface area contributed by atoms with E-state index < -0.39 is 5.97 Å². The number of hydrogen-bond acceptors (Lipinski definition) is 6. The zero-order chi connectivity index (χ0) is 23.0. The maximum absolute atomic E-state index is 12.3. The van der Waals surface area contributed by atoms with E-state index in [1.807, 2.05) is 0 Å². The van der Waals surface area contributed by atoms with Crippen molar-refractivity contribution in [3.8, 4) is 11.5 Å². The van der Waals surface area contributed by atoms with E-state index in [0.717, 1.165) is 57.1 Å². The molecule has 0 unspecified atom stereocenters. The first-order valence-electron chi connectivity index (χ1n) is 11.5. The molecule has 2 aromatic carbocycles. The summed E-state index contributed by atoms with van der Waals surface area (Å²) >= 11 is 0. The monoisotopic (exact) mass is 442 g/mol. The molecule has 0 bridgehead atoms. The third-order valence-electron chi connectivity index (χ3n) is 4.94. The van der Waals surface area contributed by atoms with Crippen molar-refractivity contribution in [1.29, 1.82) is 0 Å². The molecule has 1 N–H and O–H groups in total. The molecule has 0 aliphatic carbocycles. The summed E-state index contributed by atoms with van der Waals surface area (Å²) in [5.41, 5.74) is 0.842. The van der Waals surface area contributed by atoms with E-state index in [9.17, 15) is 9.59 Å². The zero-order valence-electron chi connectivity index (χ0n) is 18.9. The number of ether oxygens (including phenoxy) is 3. The minimum atomic E-state index is -0.473. The largest absolute Gasteiger partial charge is 0.494 e. The lowest BCUT2D eigenvalue weighted by Crippen LogP contribution is -2.09. The molecule has 0 spiro atoms. The highest BCUT2D eigenvalue weighted by molar-refractivity contribution is 5.92. The van der Waals surface area contributed by atoms with Gasteiger partial charge in [-0.3, -0.25) is 0 Å². The average molecular weight is 443 g/mol. The first-order chi connectivity index (χ1) is 15.6. The van der Waals surface area contributed by atoms with Gasteiger partial charge in [0.25, 0.3) is 0 Å². The van der Waals surface area contributed by atoms with Crippen molar-refractivity contribution in [3.63, 3.8) is 0 Å². The molecular formula is C26H34O6. The summed E-state index contributed by atoms with van der Waals surface area (Å²) in [6, 6.07) is 13.2. The van der Waals surface area contributed by atoms with Crippen molar-refractivity contribution in [2.24, 2.45) is 0 Å². The summed E-state index contributed by atoms with van der Waals surface area (Å²) in [5.74, 6) is 0.221. The molecule has 2 rings (SSSR count). The lowest BCUT2D eigenvalue weighted by molar-refractivity contribution is 0.0497. The Labute approximate surface area is 190 Å². The minimum absolute atomic E-state index is 0.247. The zero-order valence-corrected chi connectivity index (χ0v) is 18.9. The molecule has 0 amide bonds. The molecule has 2 aromatic rings. The van der Waals surface area contributed by atoms with Crippen molar-refractivity contribution in [2.45, 2.75) is 58.3 Å². The standard InChI is InChI=1S/C26H34O6/c1-2-3-19-30-23-14-10-22(11-15-23)26(29)32-24-16-12-21(13-17-24)25(28)31-20-9-7-5-4-6-8-18-27/h10-17,27H,2-9,18-20H2,1H3. The van der Waals surface area contributed by atoms with Crippen LogP contribution >= 0.6 is 0 Å². The normalized spacial score (nSPS) is 10.6. The number of esters is 2. The van der Waals surface area contributed by atoms with Gasteiger partial charge in [-0.05, 0) is 67.8 Å². The Morgan fingerprint density at radius 3 is 1.88 bits per heavy atom. The van der Waals surface area contributed by atoms with Crippen LogP contribution in [0, 0.1) is 0 Å². The second kappa shape index (κ2) is 15.0. The molecule has 6 heteroatoms. The van der Waals surface area contributed by atoms with Crippen LogP contribution < -0.4 is 9.47 Å². The van der Waals surface area contributed by atoms with Gasteiger partial charge in [0.2, 0.25) is 0 Å². The van der Waals surface area contributed by atoms with Gasteiger partial charge in [0.15, 0.2) is 0 Å². The summed E-state index contributed by atoms with van der Waals surface area (Å²) in [4.78, 5) is 24.5. The van der Waals surface area contributed by atoms with E-state index in [4.69, 9.17) is 19.3 Å². The summed E-state index contributed by atoms with van der Waals surface area (Å²) in [5, 5.41) is 8.74. The molecule has 0 heterocycles. The minimum Gasteiger partial charge on any atom is -0.494 e. The number of rotatable bonds is 15. The van der Waals surface area contributed by atoms with Crippen molar-refractivity contribution >= 4 is 11.9 Å². The SMILES string of the molecule is CCCCOc1ccc(C(=O)Oc2ccc(C(=O)OCCCCCCCCO)cc2)cc1. The van der Waals surface area contributed by atoms with Gasteiger partial charge in [-0.1, -0.05) is 39.0 Å². The highest BCUT2D eigenvalue weighted by Gasteiger charge is 2.11. The molecule has 0 atom stereocenters. The van der Waals surface area contributed by atoms with Gasteiger partial charge in [-0.25, -0.2) is 9.59 Å². The van der Waals surface area contributed by atoms with Crippen LogP contribution in [0.3, 0.4) is 0 Å². The van der Waals surface area contributed by atoms with Crippen LogP contribution in [0.1, 0.15) is 79.0 Å². The fourth-order valence-corrected chi connectivity index (χ4v) is 3.02. The number of benzene rings is 2. The van der Waals surface area contributed by atoms with E-state index in [-0.39, 0.29) is 12.6 Å². The number of aliphatic hydroxyl groups is 1. The lowest BCUT2D eigenvalue weighted by Gasteiger charge is -2.08. The van der Waals surface area contributed by atoms with Crippen molar-refractivity contribution in [3.05, 3.63) is 59.7 Å². The molecule has 6 nitrogen and oxygen atoms in total. The highest BCUT2D eigenvalue weighted by Crippen LogP contribution is 2.17. The van der Waals surface area contributed by atoms with E-state index in [0.29, 0.717) is 30.1 Å². The van der Waals surface area contributed by atoms with E-state index >= 15 is 0 Å². The highest BCUT2D eigenvalue weighted by atomic mass is 16.5. The lowest BCUT2D eigenvalue weighted by atomic mass is 10.1.